The van der Waals surface area contributed by atoms with Gasteiger partial charge in [-0.3, -0.25) is 4.79 Å². The van der Waals surface area contributed by atoms with Crippen LogP contribution in [-0.4, -0.2) is 48.9 Å². The summed E-state index contributed by atoms with van der Waals surface area (Å²) in [5, 5.41) is 14.0. The molecule has 0 radical (unpaired) electrons. The first-order valence-electron chi connectivity index (χ1n) is 8.67. The second kappa shape index (κ2) is 8.98. The zero-order valence-corrected chi connectivity index (χ0v) is 14.4. The Balaban J connectivity index is 1.35. The monoisotopic (exact) mass is 359 g/mol. The summed E-state index contributed by atoms with van der Waals surface area (Å²) in [5.41, 5.74) is 1.07. The highest BCUT2D eigenvalue weighted by atomic mass is 19.1. The van der Waals surface area contributed by atoms with Crippen LogP contribution in [0.3, 0.4) is 0 Å². The molecule has 26 heavy (non-hydrogen) atoms. The molecule has 0 saturated carbocycles. The van der Waals surface area contributed by atoms with Crippen molar-refractivity contribution in [3.05, 3.63) is 42.3 Å². The van der Waals surface area contributed by atoms with E-state index in [9.17, 15) is 9.18 Å². The lowest BCUT2D eigenvalue weighted by Gasteiger charge is -2.17. The minimum absolute atomic E-state index is 0.115. The highest BCUT2D eigenvalue weighted by molar-refractivity contribution is 5.77. The molecule has 1 aliphatic rings. The number of ether oxygens (including phenoxy) is 1. The van der Waals surface area contributed by atoms with Gasteiger partial charge in [0.2, 0.25) is 0 Å². The van der Waals surface area contributed by atoms with Crippen LogP contribution in [0, 0.1) is 5.82 Å². The van der Waals surface area contributed by atoms with Gasteiger partial charge in [-0.25, -0.2) is 4.39 Å². The number of rotatable bonds is 8. The quantitative estimate of drug-likeness (QED) is 0.700. The van der Waals surface area contributed by atoms with Gasteiger partial charge in [0, 0.05) is 32.2 Å². The van der Waals surface area contributed by atoms with Gasteiger partial charge in [-0.2, -0.15) is 5.10 Å². The van der Waals surface area contributed by atoms with Crippen LogP contribution in [0.2, 0.25) is 0 Å². The summed E-state index contributed by atoms with van der Waals surface area (Å²) >= 11 is 0. The van der Waals surface area contributed by atoms with Gasteiger partial charge in [0.1, 0.15) is 11.6 Å². The fourth-order valence-corrected chi connectivity index (χ4v) is 2.71. The lowest BCUT2D eigenvalue weighted by Crippen LogP contribution is -2.32. The summed E-state index contributed by atoms with van der Waals surface area (Å²) in [7, 11) is 0. The summed E-state index contributed by atoms with van der Waals surface area (Å²) in [5.74, 6) is 0.553. The van der Waals surface area contributed by atoms with Crippen LogP contribution in [0.1, 0.15) is 12.8 Å². The summed E-state index contributed by atoms with van der Waals surface area (Å²) in [4.78, 5) is 14.0. The number of hydrogen-bond donors (Lipinski definition) is 2. The first-order chi connectivity index (χ1) is 12.7. The molecule has 2 aromatic rings. The predicted molar refractivity (Wildman–Crippen MR) is 96.9 cm³/mol. The van der Waals surface area contributed by atoms with Crippen molar-refractivity contribution in [3.63, 3.8) is 0 Å². The second-order valence-corrected chi connectivity index (χ2v) is 6.01. The number of carbonyl (C=O) groups is 1. The van der Waals surface area contributed by atoms with Gasteiger partial charge in [-0.05, 0) is 37.1 Å². The average molecular weight is 359 g/mol. The zero-order valence-electron chi connectivity index (χ0n) is 14.4. The third-order valence-electron chi connectivity index (χ3n) is 4.05. The minimum atomic E-state index is -0.343. The van der Waals surface area contributed by atoms with Crippen molar-refractivity contribution in [2.45, 2.75) is 12.8 Å². The van der Waals surface area contributed by atoms with E-state index in [2.05, 4.69) is 25.7 Å². The molecule has 1 amide bonds. The fourth-order valence-electron chi connectivity index (χ4n) is 2.71. The molecule has 0 spiro atoms. The van der Waals surface area contributed by atoms with Crippen molar-refractivity contribution in [2.24, 2.45) is 0 Å². The Kier molecular flexibility index (Phi) is 6.19. The number of hydrogen-bond acceptors (Lipinski definition) is 6. The van der Waals surface area contributed by atoms with Crippen molar-refractivity contribution in [2.75, 3.05) is 43.0 Å². The fraction of sp³-hybridized carbons (Fsp3) is 0.389. The van der Waals surface area contributed by atoms with Crippen LogP contribution < -0.4 is 20.3 Å². The Hall–Kier alpha value is -2.90. The highest BCUT2D eigenvalue weighted by Crippen LogP contribution is 2.20. The lowest BCUT2D eigenvalue weighted by molar-refractivity contribution is -0.123. The van der Waals surface area contributed by atoms with E-state index in [-0.39, 0.29) is 18.3 Å². The Morgan fingerprint density at radius 3 is 2.73 bits per heavy atom. The smallest absolute Gasteiger partial charge is 0.258 e. The molecule has 1 fully saturated rings. The van der Waals surface area contributed by atoms with Crippen molar-refractivity contribution < 1.29 is 13.9 Å². The van der Waals surface area contributed by atoms with Crippen LogP contribution in [0.15, 0.2) is 36.5 Å². The first kappa shape index (κ1) is 17.9. The van der Waals surface area contributed by atoms with Gasteiger partial charge in [-0.1, -0.05) is 0 Å². The molecule has 0 unspecified atom stereocenters. The summed E-state index contributed by atoms with van der Waals surface area (Å²) in [6.07, 6.45) is 4.18. The molecule has 0 aliphatic carbocycles. The van der Waals surface area contributed by atoms with E-state index in [0.29, 0.717) is 24.7 Å². The molecule has 1 aromatic carbocycles. The van der Waals surface area contributed by atoms with Crippen LogP contribution in [-0.2, 0) is 4.79 Å². The third kappa shape index (κ3) is 5.30. The van der Waals surface area contributed by atoms with Crippen LogP contribution in [0.4, 0.5) is 15.9 Å². The molecule has 2 heterocycles. The van der Waals surface area contributed by atoms with Crippen molar-refractivity contribution in [1.29, 1.82) is 0 Å². The maximum Gasteiger partial charge on any atom is 0.258 e. The van der Waals surface area contributed by atoms with Crippen LogP contribution in [0.5, 0.6) is 5.75 Å². The van der Waals surface area contributed by atoms with Gasteiger partial charge < -0.3 is 20.3 Å². The molecule has 1 aromatic heterocycles. The van der Waals surface area contributed by atoms with E-state index in [1.807, 2.05) is 6.07 Å². The Morgan fingerprint density at radius 1 is 1.19 bits per heavy atom. The number of anilines is 2. The SMILES string of the molecule is O=C(COc1ccc(F)cc1)NCCNc1cc(N2CCCC2)cnn1. The molecular formula is C18H22FN5O2. The summed E-state index contributed by atoms with van der Waals surface area (Å²) < 4.78 is 18.1. The molecule has 2 N–H and O–H groups in total. The van der Waals surface area contributed by atoms with Gasteiger partial charge >= 0.3 is 0 Å². The van der Waals surface area contributed by atoms with Gasteiger partial charge in [0.15, 0.2) is 12.4 Å². The molecule has 3 rings (SSSR count). The molecule has 8 heteroatoms. The molecule has 138 valence electrons. The highest BCUT2D eigenvalue weighted by Gasteiger charge is 2.13. The van der Waals surface area contributed by atoms with E-state index < -0.39 is 0 Å². The number of carbonyl (C=O) groups excluding carboxylic acids is 1. The normalized spacial score (nSPS) is 13.5. The van der Waals surface area contributed by atoms with Gasteiger partial charge in [0.05, 0.1) is 11.9 Å². The Bertz CT molecular complexity index is 720. The third-order valence-corrected chi connectivity index (χ3v) is 4.05. The number of benzene rings is 1. The Labute approximate surface area is 151 Å². The molecule has 0 atom stereocenters. The van der Waals surface area contributed by atoms with Gasteiger partial charge in [-0.15, -0.1) is 5.10 Å². The van der Waals surface area contributed by atoms with E-state index >= 15 is 0 Å². The molecule has 0 bridgehead atoms. The summed E-state index contributed by atoms with van der Waals surface area (Å²) in [6, 6.07) is 7.51. The number of nitrogens with zero attached hydrogens (tertiary/aromatic N) is 3. The van der Waals surface area contributed by atoms with E-state index in [4.69, 9.17) is 4.74 Å². The minimum Gasteiger partial charge on any atom is -0.484 e. The Morgan fingerprint density at radius 2 is 1.96 bits per heavy atom. The summed E-state index contributed by atoms with van der Waals surface area (Å²) in [6.45, 7) is 2.95. The maximum absolute atomic E-state index is 12.8. The lowest BCUT2D eigenvalue weighted by atomic mass is 10.3. The topological polar surface area (TPSA) is 79.4 Å². The maximum atomic E-state index is 12.8. The van der Waals surface area contributed by atoms with Crippen LogP contribution >= 0.6 is 0 Å². The standard InChI is InChI=1S/C18H22FN5O2/c19-14-3-5-16(6-4-14)26-13-18(25)21-8-7-20-17-11-15(12-22-23-17)24-9-1-2-10-24/h3-6,11-12H,1-2,7-10,13H2,(H,20,23)(H,21,25). The largest absolute Gasteiger partial charge is 0.484 e. The van der Waals surface area contributed by atoms with Crippen molar-refractivity contribution in [1.82, 2.24) is 15.5 Å². The molecule has 1 aliphatic heterocycles. The van der Waals surface area contributed by atoms with Crippen molar-refractivity contribution >= 4 is 17.4 Å². The number of halogens is 1. The molecule has 7 nitrogen and oxygen atoms in total. The van der Waals surface area contributed by atoms with Crippen molar-refractivity contribution in [3.8, 4) is 5.75 Å². The second-order valence-electron chi connectivity index (χ2n) is 6.01. The predicted octanol–water partition coefficient (Wildman–Crippen LogP) is 1.82. The number of amides is 1. The number of nitrogens with one attached hydrogen (secondary N) is 2. The van der Waals surface area contributed by atoms with E-state index in [1.54, 1.807) is 6.20 Å². The van der Waals surface area contributed by atoms with E-state index in [0.717, 1.165) is 18.8 Å². The van der Waals surface area contributed by atoms with E-state index in [1.165, 1.54) is 37.1 Å². The first-order valence-corrected chi connectivity index (χ1v) is 8.67. The molecular weight excluding hydrogens is 337 g/mol. The number of aromatic nitrogens is 2. The van der Waals surface area contributed by atoms with Gasteiger partial charge in [0.25, 0.3) is 5.91 Å². The average Bonchev–Trinajstić information content (AvgIpc) is 3.20. The zero-order chi connectivity index (χ0) is 18.2. The molecule has 1 saturated heterocycles. The van der Waals surface area contributed by atoms with Crippen LogP contribution in [0.25, 0.3) is 0 Å².